The number of hydrogen-bond acceptors (Lipinski definition) is 3. The number of nitrogens with zero attached hydrogens (tertiary/aromatic N) is 2. The summed E-state index contributed by atoms with van der Waals surface area (Å²) >= 11 is 0. The van der Waals surface area contributed by atoms with Gasteiger partial charge in [-0.2, -0.15) is 5.26 Å². The summed E-state index contributed by atoms with van der Waals surface area (Å²) in [6.07, 6.45) is 0.455. The maximum atomic E-state index is 9.02. The fourth-order valence-corrected chi connectivity index (χ4v) is 2.12. The van der Waals surface area contributed by atoms with Crippen LogP contribution in [0.25, 0.3) is 0 Å². The van der Waals surface area contributed by atoms with Gasteiger partial charge in [0.15, 0.2) is 0 Å². The van der Waals surface area contributed by atoms with E-state index in [0.29, 0.717) is 6.42 Å². The van der Waals surface area contributed by atoms with Crippen LogP contribution in [0.4, 0.5) is 0 Å². The van der Waals surface area contributed by atoms with Crippen molar-refractivity contribution in [2.45, 2.75) is 38.6 Å². The van der Waals surface area contributed by atoms with Gasteiger partial charge in [-0.25, -0.2) is 0 Å². The van der Waals surface area contributed by atoms with Gasteiger partial charge in [-0.15, -0.1) is 0 Å². The Kier molecular flexibility index (Phi) is 4.97. The molecule has 0 radical (unpaired) electrons. The molecular formula is C16H24N2O. The normalized spacial score (nSPS) is 13.2. The average molecular weight is 260 g/mol. The third kappa shape index (κ3) is 3.71. The number of ether oxygens (including phenoxy) is 1. The summed E-state index contributed by atoms with van der Waals surface area (Å²) in [6, 6.07) is 8.59. The van der Waals surface area contributed by atoms with Gasteiger partial charge in [-0.3, -0.25) is 0 Å². The first-order valence-electron chi connectivity index (χ1n) is 6.53. The molecule has 0 spiro atoms. The minimum Gasteiger partial charge on any atom is -0.496 e. The van der Waals surface area contributed by atoms with E-state index in [4.69, 9.17) is 10.00 Å². The number of rotatable bonds is 4. The third-order valence-corrected chi connectivity index (χ3v) is 3.36. The molecule has 1 aromatic carbocycles. The third-order valence-electron chi connectivity index (χ3n) is 3.36. The zero-order valence-corrected chi connectivity index (χ0v) is 12.8. The van der Waals surface area contributed by atoms with E-state index in [1.165, 1.54) is 5.56 Å². The lowest BCUT2D eigenvalue weighted by atomic mass is 9.85. The van der Waals surface area contributed by atoms with E-state index >= 15 is 0 Å². The van der Waals surface area contributed by atoms with Gasteiger partial charge >= 0.3 is 0 Å². The van der Waals surface area contributed by atoms with Crippen LogP contribution in [-0.4, -0.2) is 26.1 Å². The van der Waals surface area contributed by atoms with Gasteiger partial charge in [0, 0.05) is 5.56 Å². The monoisotopic (exact) mass is 260 g/mol. The highest BCUT2D eigenvalue weighted by Crippen LogP contribution is 2.34. The fourth-order valence-electron chi connectivity index (χ4n) is 2.12. The van der Waals surface area contributed by atoms with Gasteiger partial charge in [0.1, 0.15) is 5.75 Å². The number of hydrogen-bond donors (Lipinski definition) is 0. The summed E-state index contributed by atoms with van der Waals surface area (Å²) < 4.78 is 5.45. The van der Waals surface area contributed by atoms with Gasteiger partial charge in [0.25, 0.3) is 0 Å². The number of benzene rings is 1. The first-order chi connectivity index (χ1) is 8.81. The molecule has 0 aliphatic heterocycles. The molecule has 0 aromatic heterocycles. The molecule has 1 aromatic rings. The second-order valence-electron chi connectivity index (χ2n) is 6.05. The Labute approximate surface area is 116 Å². The highest BCUT2D eigenvalue weighted by Gasteiger charge is 2.22. The smallest absolute Gasteiger partial charge is 0.123 e. The molecule has 104 valence electrons. The van der Waals surface area contributed by atoms with E-state index in [1.54, 1.807) is 7.11 Å². The maximum Gasteiger partial charge on any atom is 0.123 e. The second-order valence-corrected chi connectivity index (χ2v) is 6.05. The molecule has 1 unspecified atom stereocenters. The summed E-state index contributed by atoms with van der Waals surface area (Å²) in [5, 5.41) is 9.02. The van der Waals surface area contributed by atoms with E-state index in [-0.39, 0.29) is 11.5 Å². The molecule has 0 aliphatic rings. The summed E-state index contributed by atoms with van der Waals surface area (Å²) in [4.78, 5) is 2.06. The van der Waals surface area contributed by atoms with Crippen LogP contribution in [0, 0.1) is 11.3 Å². The van der Waals surface area contributed by atoms with Crippen LogP contribution >= 0.6 is 0 Å². The largest absolute Gasteiger partial charge is 0.496 e. The van der Waals surface area contributed by atoms with Crippen molar-refractivity contribution in [2.24, 2.45) is 0 Å². The Balaban J connectivity index is 3.33. The van der Waals surface area contributed by atoms with Crippen LogP contribution in [0.15, 0.2) is 18.2 Å². The van der Waals surface area contributed by atoms with Crippen molar-refractivity contribution in [2.75, 3.05) is 21.2 Å². The number of methoxy groups -OCH3 is 1. The molecule has 0 N–H and O–H groups in total. The molecular weight excluding hydrogens is 236 g/mol. The van der Waals surface area contributed by atoms with Gasteiger partial charge in [0.05, 0.1) is 25.6 Å². The van der Waals surface area contributed by atoms with E-state index in [1.807, 2.05) is 20.2 Å². The SMILES string of the molecule is COc1ccc(C(C)(C)C)cc1C(CC#N)N(C)C. The lowest BCUT2D eigenvalue weighted by Gasteiger charge is -2.27. The van der Waals surface area contributed by atoms with Crippen molar-refractivity contribution < 1.29 is 4.74 Å². The fraction of sp³-hybridized carbons (Fsp3) is 0.562. The molecule has 0 amide bonds. The predicted octanol–water partition coefficient (Wildman–Crippen LogP) is 3.51. The summed E-state index contributed by atoms with van der Waals surface area (Å²) in [5.41, 5.74) is 2.43. The standard InChI is InChI=1S/C16H24N2O/c1-16(2,3)12-7-8-15(19-6)13(11-12)14(9-10-17)18(4)5/h7-8,11,14H,9H2,1-6H3. The molecule has 3 nitrogen and oxygen atoms in total. The summed E-state index contributed by atoms with van der Waals surface area (Å²) in [6.45, 7) is 6.56. The molecule has 0 aliphatic carbocycles. The second kappa shape index (κ2) is 6.08. The summed E-state index contributed by atoms with van der Waals surface area (Å²) in [7, 11) is 5.66. The predicted molar refractivity (Wildman–Crippen MR) is 78.4 cm³/mol. The van der Waals surface area contributed by atoms with E-state index in [0.717, 1.165) is 11.3 Å². The molecule has 0 saturated heterocycles. The molecule has 0 fully saturated rings. The van der Waals surface area contributed by atoms with Crippen LogP contribution in [0.3, 0.4) is 0 Å². The van der Waals surface area contributed by atoms with Crippen molar-refractivity contribution in [3.05, 3.63) is 29.3 Å². The van der Waals surface area contributed by atoms with E-state index < -0.39 is 0 Å². The van der Waals surface area contributed by atoms with Crippen LogP contribution in [-0.2, 0) is 5.41 Å². The highest BCUT2D eigenvalue weighted by atomic mass is 16.5. The molecule has 0 bridgehead atoms. The number of nitriles is 1. The molecule has 3 heteroatoms. The van der Waals surface area contributed by atoms with Crippen molar-refractivity contribution >= 4 is 0 Å². The van der Waals surface area contributed by atoms with Crippen molar-refractivity contribution in [3.8, 4) is 11.8 Å². The Morgan fingerprint density at radius 1 is 1.32 bits per heavy atom. The van der Waals surface area contributed by atoms with Gasteiger partial charge in [-0.1, -0.05) is 26.8 Å². The molecule has 1 atom stereocenters. The molecule has 19 heavy (non-hydrogen) atoms. The minimum atomic E-state index is 0.0576. The van der Waals surface area contributed by atoms with E-state index in [9.17, 15) is 0 Å². The Morgan fingerprint density at radius 2 is 1.95 bits per heavy atom. The minimum absolute atomic E-state index is 0.0576. The molecule has 1 rings (SSSR count). The first kappa shape index (κ1) is 15.5. The average Bonchev–Trinajstić information content (AvgIpc) is 2.33. The summed E-state index contributed by atoms with van der Waals surface area (Å²) in [5.74, 6) is 0.849. The lowest BCUT2D eigenvalue weighted by molar-refractivity contribution is 0.292. The maximum absolute atomic E-state index is 9.02. The van der Waals surface area contributed by atoms with E-state index in [2.05, 4.69) is 43.9 Å². The Morgan fingerprint density at radius 3 is 2.37 bits per heavy atom. The zero-order valence-electron chi connectivity index (χ0n) is 12.8. The Bertz CT molecular complexity index is 467. The van der Waals surface area contributed by atoms with Crippen molar-refractivity contribution in [1.82, 2.24) is 4.90 Å². The topological polar surface area (TPSA) is 36.3 Å². The van der Waals surface area contributed by atoms with Gasteiger partial charge in [0.2, 0.25) is 0 Å². The van der Waals surface area contributed by atoms with Gasteiger partial charge in [-0.05, 0) is 37.2 Å². The van der Waals surface area contributed by atoms with Crippen LogP contribution < -0.4 is 4.74 Å². The van der Waals surface area contributed by atoms with Crippen molar-refractivity contribution in [3.63, 3.8) is 0 Å². The van der Waals surface area contributed by atoms with Crippen LogP contribution in [0.1, 0.15) is 44.4 Å². The molecule has 0 heterocycles. The highest BCUT2D eigenvalue weighted by molar-refractivity contribution is 5.42. The quantitative estimate of drug-likeness (QED) is 0.831. The Hall–Kier alpha value is -1.53. The molecule has 0 saturated carbocycles. The first-order valence-corrected chi connectivity index (χ1v) is 6.53. The lowest BCUT2D eigenvalue weighted by Crippen LogP contribution is -2.21. The van der Waals surface area contributed by atoms with Crippen LogP contribution in [0.2, 0.25) is 0 Å². The van der Waals surface area contributed by atoms with Gasteiger partial charge < -0.3 is 9.64 Å². The zero-order chi connectivity index (χ0) is 14.6. The van der Waals surface area contributed by atoms with Crippen LogP contribution in [0.5, 0.6) is 5.75 Å². The van der Waals surface area contributed by atoms with Crippen molar-refractivity contribution in [1.29, 1.82) is 5.26 Å².